The molecule has 0 aliphatic carbocycles. The Kier molecular flexibility index (Phi) is 7.31. The van der Waals surface area contributed by atoms with Gasteiger partial charge in [0.15, 0.2) is 17.3 Å². The second kappa shape index (κ2) is 10.3. The number of rotatable bonds is 9. The Morgan fingerprint density at radius 3 is 2.71 bits per heavy atom. The molecule has 0 spiro atoms. The van der Waals surface area contributed by atoms with E-state index in [9.17, 15) is 18.4 Å². The van der Waals surface area contributed by atoms with E-state index in [2.05, 4.69) is 10.4 Å². The van der Waals surface area contributed by atoms with Crippen LogP contribution in [0.1, 0.15) is 30.3 Å². The van der Waals surface area contributed by atoms with Crippen molar-refractivity contribution in [1.29, 1.82) is 0 Å². The summed E-state index contributed by atoms with van der Waals surface area (Å²) in [7, 11) is 0. The van der Waals surface area contributed by atoms with Crippen molar-refractivity contribution in [3.63, 3.8) is 0 Å². The predicted octanol–water partition coefficient (Wildman–Crippen LogP) is 4.12. The summed E-state index contributed by atoms with van der Waals surface area (Å²) in [6.07, 6.45) is 2.06. The van der Waals surface area contributed by atoms with Crippen molar-refractivity contribution in [2.45, 2.75) is 19.8 Å². The summed E-state index contributed by atoms with van der Waals surface area (Å²) in [4.78, 5) is 24.1. The maximum absolute atomic E-state index is 13.5. The van der Waals surface area contributed by atoms with Gasteiger partial charge in [-0.1, -0.05) is 12.1 Å². The third kappa shape index (κ3) is 5.88. The van der Waals surface area contributed by atoms with Crippen LogP contribution in [0.15, 0.2) is 54.7 Å². The SMILES string of the molecule is CCOC(=O)c1ccn(-c2ccccc2NC(=O)CCCOc2ccc(F)cc2F)n1. The highest BCUT2D eigenvalue weighted by molar-refractivity contribution is 5.93. The Morgan fingerprint density at radius 2 is 1.94 bits per heavy atom. The molecule has 0 fully saturated rings. The lowest BCUT2D eigenvalue weighted by Crippen LogP contribution is -2.15. The van der Waals surface area contributed by atoms with E-state index >= 15 is 0 Å². The number of ether oxygens (including phenoxy) is 2. The zero-order chi connectivity index (χ0) is 22.2. The van der Waals surface area contributed by atoms with Gasteiger partial charge in [0.25, 0.3) is 0 Å². The molecule has 0 saturated carbocycles. The number of esters is 1. The zero-order valence-electron chi connectivity index (χ0n) is 16.8. The van der Waals surface area contributed by atoms with Crippen LogP contribution in [0.25, 0.3) is 5.69 Å². The van der Waals surface area contributed by atoms with Gasteiger partial charge in [-0.25, -0.2) is 18.3 Å². The van der Waals surface area contributed by atoms with Gasteiger partial charge in [-0.05, 0) is 43.7 Å². The van der Waals surface area contributed by atoms with Gasteiger partial charge >= 0.3 is 5.97 Å². The number of amides is 1. The number of hydrogen-bond acceptors (Lipinski definition) is 5. The molecule has 0 bridgehead atoms. The molecule has 2 aromatic carbocycles. The van der Waals surface area contributed by atoms with Crippen LogP contribution < -0.4 is 10.1 Å². The van der Waals surface area contributed by atoms with Gasteiger partial charge in [-0.15, -0.1) is 0 Å². The summed E-state index contributed by atoms with van der Waals surface area (Å²) in [5, 5.41) is 6.99. The van der Waals surface area contributed by atoms with Crippen LogP contribution >= 0.6 is 0 Å². The van der Waals surface area contributed by atoms with E-state index in [0.717, 1.165) is 12.1 Å². The Bertz CT molecular complexity index is 1070. The highest BCUT2D eigenvalue weighted by Gasteiger charge is 2.14. The van der Waals surface area contributed by atoms with E-state index in [0.29, 0.717) is 17.8 Å². The first-order valence-electron chi connectivity index (χ1n) is 9.68. The maximum atomic E-state index is 13.5. The summed E-state index contributed by atoms with van der Waals surface area (Å²) >= 11 is 0. The number of halogens is 2. The first-order valence-corrected chi connectivity index (χ1v) is 9.68. The van der Waals surface area contributed by atoms with E-state index in [1.165, 1.54) is 16.8 Å². The maximum Gasteiger partial charge on any atom is 0.358 e. The fourth-order valence-corrected chi connectivity index (χ4v) is 2.77. The molecular weight excluding hydrogens is 408 g/mol. The fourth-order valence-electron chi connectivity index (χ4n) is 2.77. The van der Waals surface area contributed by atoms with Crippen molar-refractivity contribution in [3.05, 3.63) is 72.1 Å². The molecule has 162 valence electrons. The molecule has 1 aromatic heterocycles. The minimum atomic E-state index is -0.792. The number of aromatic nitrogens is 2. The Hall–Kier alpha value is -3.75. The molecule has 7 nitrogen and oxygen atoms in total. The van der Waals surface area contributed by atoms with E-state index in [4.69, 9.17) is 9.47 Å². The topological polar surface area (TPSA) is 82.5 Å². The van der Waals surface area contributed by atoms with Crippen LogP contribution in [0.5, 0.6) is 5.75 Å². The summed E-state index contributed by atoms with van der Waals surface area (Å²) in [6.45, 7) is 2.05. The van der Waals surface area contributed by atoms with Gasteiger partial charge in [0.2, 0.25) is 5.91 Å². The van der Waals surface area contributed by atoms with Gasteiger partial charge < -0.3 is 14.8 Å². The first kappa shape index (κ1) is 21.9. The highest BCUT2D eigenvalue weighted by Crippen LogP contribution is 2.21. The van der Waals surface area contributed by atoms with Crippen LogP contribution in [-0.2, 0) is 9.53 Å². The number of anilines is 1. The number of hydrogen-bond donors (Lipinski definition) is 1. The molecule has 0 aliphatic heterocycles. The summed E-state index contributed by atoms with van der Waals surface area (Å²) in [6, 6.07) is 11.6. The molecule has 0 atom stereocenters. The molecular formula is C22H21F2N3O4. The molecule has 9 heteroatoms. The van der Waals surface area contributed by atoms with Crippen LogP contribution in [0.4, 0.5) is 14.5 Å². The molecule has 1 heterocycles. The van der Waals surface area contributed by atoms with Crippen molar-refractivity contribution in [1.82, 2.24) is 9.78 Å². The normalized spacial score (nSPS) is 10.5. The van der Waals surface area contributed by atoms with E-state index < -0.39 is 17.6 Å². The van der Waals surface area contributed by atoms with Crippen molar-refractivity contribution in [3.8, 4) is 11.4 Å². The molecule has 0 saturated heterocycles. The van der Waals surface area contributed by atoms with Gasteiger partial charge in [0.05, 0.1) is 24.6 Å². The minimum Gasteiger partial charge on any atom is -0.491 e. The molecule has 31 heavy (non-hydrogen) atoms. The van der Waals surface area contributed by atoms with E-state index in [1.807, 2.05) is 0 Å². The molecule has 1 amide bonds. The third-order valence-electron chi connectivity index (χ3n) is 4.20. The average molecular weight is 429 g/mol. The molecule has 1 N–H and O–H groups in total. The van der Waals surface area contributed by atoms with Gasteiger partial charge in [-0.2, -0.15) is 5.10 Å². The Balaban J connectivity index is 1.56. The molecule has 0 unspecified atom stereocenters. The van der Waals surface area contributed by atoms with Gasteiger partial charge in [-0.3, -0.25) is 4.79 Å². The van der Waals surface area contributed by atoms with Crippen LogP contribution in [0.3, 0.4) is 0 Å². The number of nitrogens with one attached hydrogen (secondary N) is 1. The second-order valence-corrected chi connectivity index (χ2v) is 6.46. The molecule has 3 aromatic rings. The minimum absolute atomic E-state index is 0.0664. The number of carbonyl (C=O) groups is 2. The number of nitrogens with zero attached hydrogens (tertiary/aromatic N) is 2. The Labute approximate surface area is 177 Å². The van der Waals surface area contributed by atoms with E-state index in [1.54, 1.807) is 37.4 Å². The molecule has 0 aliphatic rings. The third-order valence-corrected chi connectivity index (χ3v) is 4.20. The zero-order valence-corrected chi connectivity index (χ0v) is 16.8. The monoisotopic (exact) mass is 429 g/mol. The number of carbonyl (C=O) groups excluding carboxylic acids is 2. The lowest BCUT2D eigenvalue weighted by molar-refractivity contribution is -0.116. The standard InChI is InChI=1S/C22H21F2N3O4/c1-2-30-22(29)18-11-12-27(26-18)19-7-4-3-6-17(19)25-21(28)8-5-13-31-20-10-9-15(23)14-16(20)24/h3-4,6-7,9-12,14H,2,5,8,13H2,1H3,(H,25,28). The predicted molar refractivity (Wildman–Crippen MR) is 109 cm³/mol. The van der Waals surface area contributed by atoms with Crippen molar-refractivity contribution in [2.24, 2.45) is 0 Å². The number of benzene rings is 2. The van der Waals surface area contributed by atoms with Gasteiger partial charge in [0.1, 0.15) is 5.82 Å². The second-order valence-electron chi connectivity index (χ2n) is 6.46. The summed E-state index contributed by atoms with van der Waals surface area (Å²) < 4.78 is 38.1. The van der Waals surface area contributed by atoms with Crippen LogP contribution in [0, 0.1) is 11.6 Å². The Morgan fingerprint density at radius 1 is 1.13 bits per heavy atom. The average Bonchev–Trinajstić information content (AvgIpc) is 3.23. The first-order chi connectivity index (χ1) is 15.0. The number of para-hydroxylation sites is 2. The fraction of sp³-hybridized carbons (Fsp3) is 0.227. The molecule has 3 rings (SSSR count). The summed E-state index contributed by atoms with van der Waals surface area (Å²) in [5.74, 6) is -2.34. The molecule has 0 radical (unpaired) electrons. The quantitative estimate of drug-likeness (QED) is 0.409. The van der Waals surface area contributed by atoms with Crippen molar-refractivity contribution in [2.75, 3.05) is 18.5 Å². The lowest BCUT2D eigenvalue weighted by atomic mass is 10.2. The smallest absolute Gasteiger partial charge is 0.358 e. The lowest BCUT2D eigenvalue weighted by Gasteiger charge is -2.11. The van der Waals surface area contributed by atoms with Gasteiger partial charge in [0, 0.05) is 18.7 Å². The highest BCUT2D eigenvalue weighted by atomic mass is 19.1. The van der Waals surface area contributed by atoms with Crippen molar-refractivity contribution >= 4 is 17.6 Å². The summed E-state index contributed by atoms with van der Waals surface area (Å²) in [5.41, 5.74) is 1.25. The van der Waals surface area contributed by atoms with E-state index in [-0.39, 0.29) is 37.0 Å². The van der Waals surface area contributed by atoms with Crippen LogP contribution in [0.2, 0.25) is 0 Å². The largest absolute Gasteiger partial charge is 0.491 e. The van der Waals surface area contributed by atoms with Crippen molar-refractivity contribution < 1.29 is 27.8 Å². The van der Waals surface area contributed by atoms with Crippen LogP contribution in [-0.4, -0.2) is 34.9 Å².